The van der Waals surface area contributed by atoms with Gasteiger partial charge >= 0.3 is 0 Å². The highest BCUT2D eigenvalue weighted by molar-refractivity contribution is 5.67. The van der Waals surface area contributed by atoms with Gasteiger partial charge in [-0.3, -0.25) is 0 Å². The first-order chi connectivity index (χ1) is 16.1. The molecule has 174 valence electrons. The lowest BCUT2D eigenvalue weighted by molar-refractivity contribution is 0.310. The van der Waals surface area contributed by atoms with Crippen LogP contribution in [0.15, 0.2) is 42.7 Å². The molecule has 33 heavy (non-hydrogen) atoms. The van der Waals surface area contributed by atoms with E-state index in [0.29, 0.717) is 36.5 Å². The van der Waals surface area contributed by atoms with Gasteiger partial charge in [-0.15, -0.1) is 0 Å². The molecule has 10 heteroatoms. The van der Waals surface area contributed by atoms with Gasteiger partial charge in [0.2, 0.25) is 11.8 Å². The minimum Gasteiger partial charge on any atom is -0.486 e. The van der Waals surface area contributed by atoms with Crippen LogP contribution in [0.3, 0.4) is 0 Å². The van der Waals surface area contributed by atoms with Crippen LogP contribution < -0.4 is 24.6 Å². The summed E-state index contributed by atoms with van der Waals surface area (Å²) in [6.45, 7) is 2.50. The average Bonchev–Trinajstić information content (AvgIpc) is 2.84. The van der Waals surface area contributed by atoms with Crippen LogP contribution >= 0.6 is 0 Å². The van der Waals surface area contributed by atoms with E-state index in [1.54, 1.807) is 24.4 Å². The number of piperidine rings is 1. The van der Waals surface area contributed by atoms with Gasteiger partial charge in [-0.25, -0.2) is 18.7 Å². The molecule has 2 aliphatic rings. The summed E-state index contributed by atoms with van der Waals surface area (Å²) in [7, 11) is 1.61. The molecule has 0 radical (unpaired) electrons. The van der Waals surface area contributed by atoms with Gasteiger partial charge in [-0.1, -0.05) is 0 Å². The fraction of sp³-hybridized carbons (Fsp3) is 0.348. The number of benzene rings is 1. The van der Waals surface area contributed by atoms with Gasteiger partial charge in [0.1, 0.15) is 18.2 Å². The van der Waals surface area contributed by atoms with E-state index >= 15 is 0 Å². The minimum atomic E-state index is -0.643. The molecule has 5 rings (SSSR count). The molecule has 0 spiro atoms. The maximum Gasteiger partial charge on any atom is 0.225 e. The van der Waals surface area contributed by atoms with E-state index in [9.17, 15) is 8.78 Å². The Morgan fingerprint density at radius 1 is 1.12 bits per heavy atom. The largest absolute Gasteiger partial charge is 0.486 e. The Morgan fingerprint density at radius 3 is 2.76 bits per heavy atom. The summed E-state index contributed by atoms with van der Waals surface area (Å²) >= 11 is 0. The fourth-order valence-corrected chi connectivity index (χ4v) is 4.19. The number of hydrogen-bond acceptors (Lipinski definition) is 8. The van der Waals surface area contributed by atoms with Crippen molar-refractivity contribution in [3.8, 4) is 11.6 Å². The van der Waals surface area contributed by atoms with E-state index in [-0.39, 0.29) is 13.2 Å². The van der Waals surface area contributed by atoms with Crippen LogP contribution in [0.25, 0.3) is 0 Å². The summed E-state index contributed by atoms with van der Waals surface area (Å²) in [6.07, 6.45) is 5.14. The minimum absolute atomic E-state index is 0. The molecular weight excluding hydrogens is 430 g/mol. The van der Waals surface area contributed by atoms with E-state index in [2.05, 4.69) is 25.2 Å². The van der Waals surface area contributed by atoms with Crippen molar-refractivity contribution in [2.24, 2.45) is 0 Å². The second-order valence-corrected chi connectivity index (χ2v) is 7.94. The van der Waals surface area contributed by atoms with Crippen molar-refractivity contribution in [1.29, 1.82) is 0 Å². The first-order valence-corrected chi connectivity index (χ1v) is 10.8. The molecule has 8 nitrogen and oxygen atoms in total. The Balaban J connectivity index is 0.00000274. The van der Waals surface area contributed by atoms with Crippen molar-refractivity contribution in [1.82, 2.24) is 15.0 Å². The first kappa shape index (κ1) is 21.2. The zero-order chi connectivity index (χ0) is 22.8. The van der Waals surface area contributed by atoms with Crippen molar-refractivity contribution >= 4 is 23.1 Å². The summed E-state index contributed by atoms with van der Waals surface area (Å²) in [5, 5.41) is 3.40. The zero-order valence-corrected chi connectivity index (χ0v) is 18.2. The van der Waals surface area contributed by atoms with Crippen LogP contribution in [-0.2, 0) is 0 Å². The Bertz CT molecular complexity index is 1150. The summed E-state index contributed by atoms with van der Waals surface area (Å²) in [5.74, 6) is 0.723. The van der Waals surface area contributed by atoms with Gasteiger partial charge < -0.3 is 24.6 Å². The maximum absolute atomic E-state index is 14.4. The molecule has 1 N–H and O–H groups in total. The SMILES string of the molecule is COc1cc(N2CCC(Nc3ncc4c(n3)N(c3ccc(F)cc3F)CCO4)CC2)ccn1.[HH]. The van der Waals surface area contributed by atoms with Crippen LogP contribution in [0.4, 0.5) is 31.9 Å². The average molecular weight is 456 g/mol. The van der Waals surface area contributed by atoms with E-state index in [1.807, 2.05) is 12.1 Å². The highest BCUT2D eigenvalue weighted by atomic mass is 19.1. The van der Waals surface area contributed by atoms with Crippen molar-refractivity contribution in [3.05, 3.63) is 54.4 Å². The Labute approximate surface area is 191 Å². The van der Waals surface area contributed by atoms with Crippen LogP contribution in [0.5, 0.6) is 11.6 Å². The van der Waals surface area contributed by atoms with Crippen LogP contribution in [0.2, 0.25) is 0 Å². The molecule has 2 aromatic heterocycles. The predicted molar refractivity (Wildman–Crippen MR) is 123 cm³/mol. The molecule has 0 atom stereocenters. The quantitative estimate of drug-likeness (QED) is 0.617. The van der Waals surface area contributed by atoms with Gasteiger partial charge in [-0.2, -0.15) is 4.98 Å². The third kappa shape index (κ3) is 4.46. The van der Waals surface area contributed by atoms with Gasteiger partial charge in [0.25, 0.3) is 0 Å². The van der Waals surface area contributed by atoms with Crippen molar-refractivity contribution < 1.29 is 19.7 Å². The number of halogens is 2. The first-order valence-electron chi connectivity index (χ1n) is 10.8. The van der Waals surface area contributed by atoms with E-state index in [1.165, 1.54) is 12.1 Å². The van der Waals surface area contributed by atoms with Gasteiger partial charge in [-0.05, 0) is 31.0 Å². The summed E-state index contributed by atoms with van der Waals surface area (Å²) in [5.41, 5.74) is 1.34. The predicted octanol–water partition coefficient (Wildman–Crippen LogP) is 4.02. The third-order valence-corrected chi connectivity index (χ3v) is 5.89. The molecule has 1 saturated heterocycles. The van der Waals surface area contributed by atoms with Crippen LogP contribution in [-0.4, -0.2) is 54.3 Å². The second-order valence-electron chi connectivity index (χ2n) is 7.94. The second kappa shape index (κ2) is 9.05. The molecule has 0 saturated carbocycles. The number of rotatable bonds is 5. The number of fused-ring (bicyclic) bond motifs is 1. The standard InChI is InChI=1S/C23H24F2N6O2.H2/c1-32-21-13-17(4-7-26-21)30-8-5-16(6-9-30)28-23-27-14-20-22(29-23)31(10-11-33-20)19-3-2-15(24)12-18(19)25;/h2-4,7,12-14,16H,5-6,8-11H2,1H3,(H,27,28,29);1H. The molecule has 4 heterocycles. The topological polar surface area (TPSA) is 75.6 Å². The number of nitrogens with one attached hydrogen (secondary N) is 1. The third-order valence-electron chi connectivity index (χ3n) is 5.89. The molecule has 2 aliphatic heterocycles. The Kier molecular flexibility index (Phi) is 5.80. The number of pyridine rings is 1. The molecule has 0 amide bonds. The van der Waals surface area contributed by atoms with E-state index in [0.717, 1.165) is 37.7 Å². The lowest BCUT2D eigenvalue weighted by Crippen LogP contribution is -2.39. The summed E-state index contributed by atoms with van der Waals surface area (Å²) in [4.78, 5) is 17.1. The number of nitrogens with zero attached hydrogens (tertiary/aromatic N) is 5. The maximum atomic E-state index is 14.4. The van der Waals surface area contributed by atoms with Crippen LogP contribution in [0, 0.1) is 11.6 Å². The van der Waals surface area contributed by atoms with Gasteiger partial charge in [0.05, 0.1) is 25.5 Å². The van der Waals surface area contributed by atoms with Crippen LogP contribution in [0.1, 0.15) is 14.3 Å². The van der Waals surface area contributed by atoms with Crippen molar-refractivity contribution in [3.63, 3.8) is 0 Å². The Morgan fingerprint density at radius 2 is 1.97 bits per heavy atom. The van der Waals surface area contributed by atoms with Crippen molar-refractivity contribution in [2.45, 2.75) is 18.9 Å². The molecule has 3 aromatic rings. The fourth-order valence-electron chi connectivity index (χ4n) is 4.19. The number of hydrogen-bond donors (Lipinski definition) is 1. The van der Waals surface area contributed by atoms with Gasteiger partial charge in [0.15, 0.2) is 11.6 Å². The molecule has 0 unspecified atom stereocenters. The number of methoxy groups -OCH3 is 1. The molecule has 0 bridgehead atoms. The highest BCUT2D eigenvalue weighted by Crippen LogP contribution is 2.36. The van der Waals surface area contributed by atoms with E-state index in [4.69, 9.17) is 9.47 Å². The monoisotopic (exact) mass is 456 g/mol. The smallest absolute Gasteiger partial charge is 0.225 e. The van der Waals surface area contributed by atoms with Gasteiger partial charge in [0, 0.05) is 44.6 Å². The highest BCUT2D eigenvalue weighted by Gasteiger charge is 2.26. The molecule has 0 aliphatic carbocycles. The lowest BCUT2D eigenvalue weighted by atomic mass is 10.0. The van der Waals surface area contributed by atoms with Crippen molar-refractivity contribution in [2.75, 3.05) is 48.5 Å². The summed E-state index contributed by atoms with van der Waals surface area (Å²) < 4.78 is 38.7. The summed E-state index contributed by atoms with van der Waals surface area (Å²) in [6, 6.07) is 7.63. The number of ether oxygens (including phenoxy) is 2. The number of aromatic nitrogens is 3. The molecular formula is C23H26F2N6O2. The lowest BCUT2D eigenvalue weighted by Gasteiger charge is -2.34. The number of anilines is 4. The zero-order valence-electron chi connectivity index (χ0n) is 18.2. The Hall–Kier alpha value is -3.69. The van der Waals surface area contributed by atoms with E-state index < -0.39 is 11.6 Å². The normalized spacial score (nSPS) is 16.2. The molecule has 1 aromatic carbocycles. The molecule has 1 fully saturated rings.